The van der Waals surface area contributed by atoms with Crippen LogP contribution < -0.4 is 16.0 Å². The lowest BCUT2D eigenvalue weighted by atomic mass is 10.3. The number of nitrogens with one attached hydrogen (secondary N) is 3. The van der Waals surface area contributed by atoms with Crippen molar-refractivity contribution in [1.29, 1.82) is 0 Å². The Morgan fingerprint density at radius 1 is 0.424 bits per heavy atom. The molecule has 3 aromatic heterocycles. The lowest BCUT2D eigenvalue weighted by Crippen LogP contribution is -2.45. The standard InChI is InChI=1S/C21H24N4O6.C18H18N4O6/c26-19(16-4-1-13-29-16)22-7-10-25(11-8-23-20(27)17-5-2-14-30-17)12-9-24-21(28)18-6-3-15-31-18;23-13-1-2-14(24)20(13)10-7-19(8-11-21-15(25)3-4-16(21)26)9-12-22-17(27)5-6-18(22)28/h1-6,13-15H,7-12H2,(H,22,26)(H,23,27)(H,24,28);1-6H,7-12H2. The Bertz CT molecular complexity index is 1780. The molecule has 0 aliphatic carbocycles. The number of rotatable bonds is 21. The van der Waals surface area contributed by atoms with Crippen LogP contribution in [-0.4, -0.2) is 156 Å². The molecule has 3 aromatic rings. The molecule has 0 saturated carbocycles. The van der Waals surface area contributed by atoms with E-state index >= 15 is 0 Å². The van der Waals surface area contributed by atoms with Gasteiger partial charge in [0.15, 0.2) is 17.3 Å². The zero-order valence-corrected chi connectivity index (χ0v) is 31.8. The van der Waals surface area contributed by atoms with Gasteiger partial charge in [0.1, 0.15) is 0 Å². The van der Waals surface area contributed by atoms with E-state index in [0.29, 0.717) is 39.3 Å². The predicted molar refractivity (Wildman–Crippen MR) is 204 cm³/mol. The summed E-state index contributed by atoms with van der Waals surface area (Å²) in [4.78, 5) is 113. The Hall–Kier alpha value is -7.19. The highest BCUT2D eigenvalue weighted by Gasteiger charge is 2.28. The topological polar surface area (TPSA) is 245 Å². The van der Waals surface area contributed by atoms with Crippen LogP contribution in [0.15, 0.2) is 105 Å². The first-order valence-electron chi connectivity index (χ1n) is 18.5. The molecular weight excluding hydrogens is 772 g/mol. The van der Waals surface area contributed by atoms with Crippen LogP contribution in [0.4, 0.5) is 0 Å². The van der Waals surface area contributed by atoms with E-state index in [1.54, 1.807) is 41.3 Å². The molecule has 59 heavy (non-hydrogen) atoms. The summed E-state index contributed by atoms with van der Waals surface area (Å²) in [6.07, 6.45) is 11.4. The number of nitrogens with zero attached hydrogens (tertiary/aromatic N) is 5. The third-order valence-corrected chi connectivity index (χ3v) is 9.00. The number of imide groups is 3. The van der Waals surface area contributed by atoms with Gasteiger partial charge >= 0.3 is 0 Å². The third kappa shape index (κ3) is 12.7. The second kappa shape index (κ2) is 21.4. The molecule has 20 nitrogen and oxygen atoms in total. The van der Waals surface area contributed by atoms with E-state index in [2.05, 4.69) is 16.0 Å². The van der Waals surface area contributed by atoms with E-state index in [-0.39, 0.29) is 74.3 Å². The average Bonchev–Trinajstić information content (AvgIpc) is 4.09. The first-order chi connectivity index (χ1) is 28.5. The van der Waals surface area contributed by atoms with Crippen LogP contribution in [0.1, 0.15) is 31.7 Å². The summed E-state index contributed by atoms with van der Waals surface area (Å²) < 4.78 is 15.2. The summed E-state index contributed by atoms with van der Waals surface area (Å²) in [5, 5.41) is 8.34. The Morgan fingerprint density at radius 3 is 0.915 bits per heavy atom. The molecule has 0 atom stereocenters. The largest absolute Gasteiger partial charge is 0.459 e. The average molecular weight is 815 g/mol. The number of hydrogen-bond acceptors (Lipinski definition) is 14. The summed E-state index contributed by atoms with van der Waals surface area (Å²) >= 11 is 0. The summed E-state index contributed by atoms with van der Waals surface area (Å²) in [6.45, 7) is 3.82. The van der Waals surface area contributed by atoms with Gasteiger partial charge in [0, 0.05) is 115 Å². The van der Waals surface area contributed by atoms with Crippen LogP contribution in [0.5, 0.6) is 0 Å². The van der Waals surface area contributed by atoms with Gasteiger partial charge in [-0.05, 0) is 36.4 Å². The van der Waals surface area contributed by atoms with Crippen LogP contribution in [0.25, 0.3) is 0 Å². The number of hydrogen-bond donors (Lipinski definition) is 3. The summed E-state index contributed by atoms with van der Waals surface area (Å²) in [7, 11) is 0. The van der Waals surface area contributed by atoms with Gasteiger partial charge in [-0.25, -0.2) is 0 Å². The van der Waals surface area contributed by atoms with Crippen molar-refractivity contribution in [2.75, 3.05) is 78.5 Å². The van der Waals surface area contributed by atoms with Crippen molar-refractivity contribution in [1.82, 2.24) is 40.4 Å². The molecule has 0 aromatic carbocycles. The molecule has 3 aliphatic heterocycles. The highest BCUT2D eigenvalue weighted by atomic mass is 16.3. The molecule has 0 unspecified atom stereocenters. The molecule has 20 heteroatoms. The van der Waals surface area contributed by atoms with Gasteiger partial charge in [-0.1, -0.05) is 0 Å². The fraction of sp³-hybridized carbons (Fsp3) is 0.308. The fourth-order valence-electron chi connectivity index (χ4n) is 5.82. The lowest BCUT2D eigenvalue weighted by Gasteiger charge is -2.27. The van der Waals surface area contributed by atoms with E-state index in [4.69, 9.17) is 13.3 Å². The van der Waals surface area contributed by atoms with Gasteiger partial charge < -0.3 is 29.2 Å². The highest BCUT2D eigenvalue weighted by molar-refractivity contribution is 6.14. The van der Waals surface area contributed by atoms with Crippen LogP contribution in [0.2, 0.25) is 0 Å². The van der Waals surface area contributed by atoms with Crippen LogP contribution >= 0.6 is 0 Å². The van der Waals surface area contributed by atoms with Crippen molar-refractivity contribution in [3.05, 3.63) is 109 Å². The maximum Gasteiger partial charge on any atom is 0.287 e. The van der Waals surface area contributed by atoms with Crippen molar-refractivity contribution < 1.29 is 56.4 Å². The van der Waals surface area contributed by atoms with Crippen LogP contribution in [0, 0.1) is 0 Å². The molecule has 0 spiro atoms. The number of furan rings is 3. The van der Waals surface area contributed by atoms with Gasteiger partial charge in [0.2, 0.25) is 0 Å². The maximum absolute atomic E-state index is 12.0. The van der Waals surface area contributed by atoms with Gasteiger partial charge in [-0.2, -0.15) is 0 Å². The summed E-state index contributed by atoms with van der Waals surface area (Å²) in [6, 6.07) is 9.68. The van der Waals surface area contributed by atoms with Gasteiger partial charge in [-0.3, -0.25) is 67.7 Å². The molecule has 3 N–H and O–H groups in total. The molecule has 0 bridgehead atoms. The highest BCUT2D eigenvalue weighted by Crippen LogP contribution is 2.09. The third-order valence-electron chi connectivity index (χ3n) is 9.00. The van der Waals surface area contributed by atoms with Crippen molar-refractivity contribution in [3.8, 4) is 0 Å². The summed E-state index contributed by atoms with van der Waals surface area (Å²) in [5.74, 6) is -2.65. The second-order valence-electron chi connectivity index (χ2n) is 12.9. The van der Waals surface area contributed by atoms with E-state index < -0.39 is 35.4 Å². The Labute approximate surface area is 337 Å². The molecular formula is C39H42N8O12. The van der Waals surface area contributed by atoms with Gasteiger partial charge in [0.05, 0.1) is 18.8 Å². The number of carbonyl (C=O) groups excluding carboxylic acids is 9. The smallest absolute Gasteiger partial charge is 0.287 e. The molecule has 6 heterocycles. The Morgan fingerprint density at radius 2 is 0.678 bits per heavy atom. The predicted octanol–water partition coefficient (Wildman–Crippen LogP) is -0.579. The minimum Gasteiger partial charge on any atom is -0.459 e. The van der Waals surface area contributed by atoms with E-state index in [1.165, 1.54) is 55.2 Å². The molecule has 0 radical (unpaired) electrons. The van der Waals surface area contributed by atoms with Crippen molar-refractivity contribution >= 4 is 53.2 Å². The van der Waals surface area contributed by atoms with E-state index in [0.717, 1.165) is 14.7 Å². The minimum atomic E-state index is -0.409. The monoisotopic (exact) mass is 814 g/mol. The van der Waals surface area contributed by atoms with Crippen molar-refractivity contribution in [2.45, 2.75) is 0 Å². The maximum atomic E-state index is 12.0. The quantitative estimate of drug-likeness (QED) is 0.114. The number of carbonyl (C=O) groups is 9. The Balaban J connectivity index is 0.000000225. The second-order valence-corrected chi connectivity index (χ2v) is 12.9. The zero-order valence-electron chi connectivity index (χ0n) is 31.8. The van der Waals surface area contributed by atoms with Crippen molar-refractivity contribution in [2.24, 2.45) is 0 Å². The molecule has 310 valence electrons. The van der Waals surface area contributed by atoms with Crippen molar-refractivity contribution in [3.63, 3.8) is 0 Å². The molecule has 9 amide bonds. The SMILES string of the molecule is O=C(NCCN(CCNC(=O)c1ccco1)CCNC(=O)c1ccco1)c1ccco1.O=C1C=CC(=O)N1CCN(CCN1C(=O)C=CC1=O)CCN1C(=O)C=CC1=O. The molecule has 3 aliphatic rings. The normalized spacial score (nSPS) is 14.6. The molecule has 0 fully saturated rings. The minimum absolute atomic E-state index is 0.116. The lowest BCUT2D eigenvalue weighted by molar-refractivity contribution is -0.137. The van der Waals surface area contributed by atoms with E-state index in [1.807, 2.05) is 4.90 Å². The Kier molecular flexibility index (Phi) is 15.6. The first-order valence-corrected chi connectivity index (χ1v) is 18.5. The fourth-order valence-corrected chi connectivity index (χ4v) is 5.82. The first kappa shape index (κ1) is 42.9. The van der Waals surface area contributed by atoms with Gasteiger partial charge in [0.25, 0.3) is 53.2 Å². The summed E-state index contributed by atoms with van der Waals surface area (Å²) in [5.41, 5.74) is 0. The van der Waals surface area contributed by atoms with Gasteiger partial charge in [-0.15, -0.1) is 0 Å². The molecule has 0 saturated heterocycles. The van der Waals surface area contributed by atoms with Crippen LogP contribution in [-0.2, 0) is 28.8 Å². The molecule has 6 rings (SSSR count). The number of amides is 9. The van der Waals surface area contributed by atoms with E-state index in [9.17, 15) is 43.2 Å². The zero-order chi connectivity index (χ0) is 42.1. The van der Waals surface area contributed by atoms with Crippen LogP contribution in [0.3, 0.4) is 0 Å².